The number of aliphatic hydroxyl groups excluding tert-OH is 1. The first-order valence-corrected chi connectivity index (χ1v) is 10.5. The molecule has 1 spiro atoms. The van der Waals surface area contributed by atoms with Crippen molar-refractivity contribution >= 4 is 11.6 Å². The van der Waals surface area contributed by atoms with E-state index in [4.69, 9.17) is 9.47 Å². The van der Waals surface area contributed by atoms with E-state index in [1.54, 1.807) is 14.2 Å². The minimum absolute atomic E-state index is 0.0618. The summed E-state index contributed by atoms with van der Waals surface area (Å²) in [5, 5.41) is 9.59. The topological polar surface area (TPSA) is 62.2 Å². The van der Waals surface area contributed by atoms with Gasteiger partial charge in [0.05, 0.1) is 32.6 Å². The fourth-order valence-electron chi connectivity index (χ4n) is 6.98. The molecule has 2 bridgehead atoms. The first-order valence-electron chi connectivity index (χ1n) is 10.5. The van der Waals surface area contributed by atoms with Crippen LogP contribution in [-0.4, -0.2) is 61.9 Å². The van der Waals surface area contributed by atoms with E-state index in [-0.39, 0.29) is 24.0 Å². The summed E-state index contributed by atoms with van der Waals surface area (Å²) in [5.74, 6) is 1.89. The van der Waals surface area contributed by atoms with E-state index in [1.165, 1.54) is 16.7 Å². The summed E-state index contributed by atoms with van der Waals surface area (Å²) in [6.45, 7) is 2.00. The number of nitrogens with zero attached hydrogens (tertiary/aromatic N) is 2. The van der Waals surface area contributed by atoms with Crippen LogP contribution in [0.15, 0.2) is 35.4 Å². The van der Waals surface area contributed by atoms with Crippen molar-refractivity contribution in [2.24, 2.45) is 5.92 Å². The predicted molar refractivity (Wildman–Crippen MR) is 108 cm³/mol. The predicted octanol–water partition coefficient (Wildman–Crippen LogP) is 2.01. The van der Waals surface area contributed by atoms with Crippen LogP contribution >= 0.6 is 0 Å². The SMILES string of the molecule is COc1cc2c(cc1OC)C13CCN4CC(=CCO)[C@H](C[C@H]41)C1=CCC(=O)N2[C@@H]13. The maximum Gasteiger partial charge on any atom is 0.231 e. The van der Waals surface area contributed by atoms with Gasteiger partial charge in [-0.05, 0) is 36.6 Å². The molecule has 2 saturated heterocycles. The molecule has 6 rings (SSSR count). The molecule has 5 aliphatic rings. The Balaban J connectivity index is 1.62. The van der Waals surface area contributed by atoms with Crippen molar-refractivity contribution in [2.45, 2.75) is 36.8 Å². The normalized spacial score (nSPS) is 35.5. The highest BCUT2D eigenvalue weighted by molar-refractivity contribution is 6.01. The molecule has 0 aromatic heterocycles. The number of hydrogen-bond acceptors (Lipinski definition) is 5. The Morgan fingerprint density at radius 1 is 1.28 bits per heavy atom. The van der Waals surface area contributed by atoms with Crippen molar-refractivity contribution in [1.82, 2.24) is 4.90 Å². The highest BCUT2D eigenvalue weighted by atomic mass is 16.5. The lowest BCUT2D eigenvalue weighted by atomic mass is 9.57. The standard InChI is InChI=1S/C23H26N2O4/c1-28-18-10-16-17(11-19(18)29-2)25-21(27)4-3-14-15-9-20-23(16,22(14)25)6-7-24(20)12-13(15)5-8-26/h3,5,10-11,15,20,22,26H,4,6-9,12H2,1-2H3/t15-,20-,22-,23?/m0/s1. The summed E-state index contributed by atoms with van der Waals surface area (Å²) < 4.78 is 11.2. The number of benzene rings is 1. The van der Waals surface area contributed by atoms with Crippen molar-refractivity contribution in [2.75, 3.05) is 38.8 Å². The van der Waals surface area contributed by atoms with E-state index in [9.17, 15) is 9.90 Å². The number of amides is 1. The summed E-state index contributed by atoms with van der Waals surface area (Å²) >= 11 is 0. The minimum Gasteiger partial charge on any atom is -0.493 e. The second kappa shape index (κ2) is 5.86. The van der Waals surface area contributed by atoms with E-state index in [1.807, 2.05) is 12.1 Å². The van der Waals surface area contributed by atoms with Crippen LogP contribution in [0, 0.1) is 5.92 Å². The van der Waals surface area contributed by atoms with Gasteiger partial charge in [-0.2, -0.15) is 0 Å². The molecule has 1 amide bonds. The fraction of sp³-hybridized carbons (Fsp3) is 0.522. The summed E-state index contributed by atoms with van der Waals surface area (Å²) in [6, 6.07) is 4.59. The van der Waals surface area contributed by atoms with Crippen molar-refractivity contribution in [1.29, 1.82) is 0 Å². The minimum atomic E-state index is -0.0853. The largest absolute Gasteiger partial charge is 0.493 e. The molecule has 1 aromatic carbocycles. The molecule has 152 valence electrons. The van der Waals surface area contributed by atoms with Gasteiger partial charge in [-0.3, -0.25) is 9.69 Å². The molecule has 1 N–H and O–H groups in total. The summed E-state index contributed by atoms with van der Waals surface area (Å²) in [6.07, 6.45) is 6.70. The van der Waals surface area contributed by atoms with Crippen LogP contribution in [0.3, 0.4) is 0 Å². The van der Waals surface area contributed by atoms with Gasteiger partial charge >= 0.3 is 0 Å². The Kier molecular flexibility index (Phi) is 3.55. The molecular weight excluding hydrogens is 368 g/mol. The van der Waals surface area contributed by atoms with Crippen LogP contribution in [0.5, 0.6) is 11.5 Å². The third-order valence-electron chi connectivity index (χ3n) is 8.00. The van der Waals surface area contributed by atoms with Gasteiger partial charge in [0.1, 0.15) is 0 Å². The Hall–Kier alpha value is -2.31. The van der Waals surface area contributed by atoms with Gasteiger partial charge in [0.2, 0.25) is 5.91 Å². The Bertz CT molecular complexity index is 983. The number of carbonyl (C=O) groups excluding carboxylic acids is 1. The average molecular weight is 394 g/mol. The number of ether oxygens (including phenoxy) is 2. The van der Waals surface area contributed by atoms with E-state index in [2.05, 4.69) is 21.9 Å². The van der Waals surface area contributed by atoms with Crippen LogP contribution in [0.2, 0.25) is 0 Å². The van der Waals surface area contributed by atoms with Crippen molar-refractivity contribution in [3.63, 3.8) is 0 Å². The van der Waals surface area contributed by atoms with E-state index < -0.39 is 0 Å². The van der Waals surface area contributed by atoms with Gasteiger partial charge in [0.25, 0.3) is 0 Å². The van der Waals surface area contributed by atoms with Crippen LogP contribution in [0.25, 0.3) is 0 Å². The quantitative estimate of drug-likeness (QED) is 0.795. The number of methoxy groups -OCH3 is 2. The molecular formula is C23H26N2O4. The molecule has 6 nitrogen and oxygen atoms in total. The Labute approximate surface area is 170 Å². The van der Waals surface area contributed by atoms with E-state index >= 15 is 0 Å². The molecule has 0 radical (unpaired) electrons. The third-order valence-corrected chi connectivity index (χ3v) is 8.00. The lowest BCUT2D eigenvalue weighted by Crippen LogP contribution is -2.62. The second-order valence-electron chi connectivity index (χ2n) is 8.83. The van der Waals surface area contributed by atoms with Crippen LogP contribution in [0.1, 0.15) is 24.8 Å². The zero-order valence-electron chi connectivity index (χ0n) is 16.9. The Morgan fingerprint density at radius 2 is 2.07 bits per heavy atom. The highest BCUT2D eigenvalue weighted by Crippen LogP contribution is 2.65. The number of aliphatic hydroxyl groups is 1. The fourth-order valence-corrected chi connectivity index (χ4v) is 6.98. The monoisotopic (exact) mass is 394 g/mol. The molecule has 4 heterocycles. The lowest BCUT2D eigenvalue weighted by molar-refractivity contribution is -0.118. The molecule has 29 heavy (non-hydrogen) atoms. The summed E-state index contributed by atoms with van der Waals surface area (Å²) in [4.78, 5) is 17.8. The van der Waals surface area contributed by atoms with Gasteiger partial charge < -0.3 is 19.5 Å². The molecule has 6 heteroatoms. The summed E-state index contributed by atoms with van der Waals surface area (Å²) in [7, 11) is 3.31. The number of rotatable bonds is 3. The maximum atomic E-state index is 13.2. The van der Waals surface area contributed by atoms with Crippen LogP contribution < -0.4 is 14.4 Å². The van der Waals surface area contributed by atoms with E-state index in [0.717, 1.165) is 37.4 Å². The number of hydrogen-bond donors (Lipinski definition) is 1. The van der Waals surface area contributed by atoms with Gasteiger partial charge in [-0.15, -0.1) is 0 Å². The smallest absolute Gasteiger partial charge is 0.231 e. The molecule has 4 atom stereocenters. The molecule has 4 aliphatic heterocycles. The number of fused-ring (bicyclic) bond motifs is 4. The number of anilines is 1. The van der Waals surface area contributed by atoms with E-state index in [0.29, 0.717) is 24.1 Å². The number of carbonyl (C=O) groups is 1. The van der Waals surface area contributed by atoms with Crippen molar-refractivity contribution < 1.29 is 19.4 Å². The van der Waals surface area contributed by atoms with Gasteiger partial charge in [-0.25, -0.2) is 0 Å². The lowest BCUT2D eigenvalue weighted by Gasteiger charge is -2.54. The number of piperidine rings is 1. The average Bonchev–Trinajstić information content (AvgIpc) is 3.27. The molecule has 1 aliphatic carbocycles. The van der Waals surface area contributed by atoms with Gasteiger partial charge in [0.15, 0.2) is 11.5 Å². The second-order valence-corrected chi connectivity index (χ2v) is 8.83. The molecule has 3 fully saturated rings. The van der Waals surface area contributed by atoms with Gasteiger partial charge in [0, 0.05) is 36.4 Å². The van der Waals surface area contributed by atoms with Crippen LogP contribution in [0.4, 0.5) is 5.69 Å². The highest BCUT2D eigenvalue weighted by Gasteiger charge is 2.67. The molecule has 1 saturated carbocycles. The van der Waals surface area contributed by atoms with Crippen molar-refractivity contribution in [3.8, 4) is 11.5 Å². The first-order chi connectivity index (χ1) is 14.1. The zero-order valence-corrected chi connectivity index (χ0v) is 16.9. The molecule has 1 aromatic rings. The first kappa shape index (κ1) is 17.5. The summed E-state index contributed by atoms with van der Waals surface area (Å²) in [5.41, 5.74) is 4.83. The van der Waals surface area contributed by atoms with Crippen LogP contribution in [-0.2, 0) is 10.2 Å². The zero-order chi connectivity index (χ0) is 19.9. The Morgan fingerprint density at radius 3 is 2.83 bits per heavy atom. The van der Waals surface area contributed by atoms with Crippen molar-refractivity contribution in [3.05, 3.63) is 41.0 Å². The van der Waals surface area contributed by atoms with Gasteiger partial charge in [-0.1, -0.05) is 17.7 Å². The maximum absolute atomic E-state index is 13.2. The molecule has 1 unspecified atom stereocenters. The third kappa shape index (κ3) is 1.96.